The van der Waals surface area contributed by atoms with Crippen LogP contribution in [0.15, 0.2) is 72.8 Å². The number of phenolic OH excluding ortho intramolecular Hbond substituents is 1. The molecular formula is C23H24O6. The van der Waals surface area contributed by atoms with Crippen LogP contribution >= 0.6 is 0 Å². The first kappa shape index (κ1) is 23.2. The minimum absolute atomic E-state index is 0.323. The van der Waals surface area contributed by atoms with Crippen molar-refractivity contribution in [1.82, 2.24) is 0 Å². The van der Waals surface area contributed by atoms with Crippen molar-refractivity contribution in [3.05, 3.63) is 95.1 Å². The Hall–Kier alpha value is -3.80. The van der Waals surface area contributed by atoms with Gasteiger partial charge in [0.05, 0.1) is 18.2 Å². The average molecular weight is 396 g/mol. The summed E-state index contributed by atoms with van der Waals surface area (Å²) in [6, 6.07) is 20.0. The molecule has 0 radical (unpaired) electrons. The highest BCUT2D eigenvalue weighted by Crippen LogP contribution is 2.27. The van der Waals surface area contributed by atoms with E-state index < -0.39 is 11.9 Å². The highest BCUT2D eigenvalue weighted by Gasteiger charge is 2.04. The fourth-order valence-corrected chi connectivity index (χ4v) is 2.16. The van der Waals surface area contributed by atoms with E-state index in [1.807, 2.05) is 13.8 Å². The van der Waals surface area contributed by atoms with Crippen molar-refractivity contribution < 1.29 is 29.6 Å². The molecule has 6 nitrogen and oxygen atoms in total. The second kappa shape index (κ2) is 11.8. The Bertz CT molecular complexity index is 871. The van der Waals surface area contributed by atoms with E-state index in [0.29, 0.717) is 16.9 Å². The molecule has 0 aliphatic rings. The lowest BCUT2D eigenvalue weighted by molar-refractivity contribution is 0.0686. The first-order valence-corrected chi connectivity index (χ1v) is 8.67. The van der Waals surface area contributed by atoms with Gasteiger partial charge in [0.2, 0.25) is 0 Å². The molecule has 3 N–H and O–H groups in total. The molecular weight excluding hydrogens is 372 g/mol. The minimum Gasteiger partial charge on any atom is -0.508 e. The predicted octanol–water partition coefficient (Wildman–Crippen LogP) is 4.79. The molecule has 0 fully saturated rings. The minimum atomic E-state index is -0.879. The quantitative estimate of drug-likeness (QED) is 0.588. The normalized spacial score (nSPS) is 9.21. The summed E-state index contributed by atoms with van der Waals surface area (Å²) in [6.07, 6.45) is 0. The van der Waals surface area contributed by atoms with Gasteiger partial charge in [-0.2, -0.15) is 0 Å². The van der Waals surface area contributed by atoms with Crippen molar-refractivity contribution in [2.24, 2.45) is 0 Å². The van der Waals surface area contributed by atoms with Crippen molar-refractivity contribution in [3.8, 4) is 11.5 Å². The number of ether oxygens (including phenoxy) is 1. The van der Waals surface area contributed by atoms with Crippen molar-refractivity contribution in [2.75, 3.05) is 7.11 Å². The Balaban J connectivity index is 0.000000219. The summed E-state index contributed by atoms with van der Waals surface area (Å²) in [5.74, 6) is -0.616. The van der Waals surface area contributed by atoms with Gasteiger partial charge in [0.25, 0.3) is 0 Å². The maximum absolute atomic E-state index is 10.2. The van der Waals surface area contributed by atoms with Gasteiger partial charge in [-0.3, -0.25) is 0 Å². The maximum Gasteiger partial charge on any atom is 0.335 e. The third-order valence-corrected chi connectivity index (χ3v) is 3.97. The molecule has 0 aliphatic carbocycles. The van der Waals surface area contributed by atoms with Crippen LogP contribution in [0.3, 0.4) is 0 Å². The Labute approximate surface area is 169 Å². The van der Waals surface area contributed by atoms with Crippen LogP contribution in [0.1, 0.15) is 31.8 Å². The molecule has 152 valence electrons. The fraction of sp³-hybridized carbons (Fsp3) is 0.130. The van der Waals surface area contributed by atoms with Crippen molar-refractivity contribution in [1.29, 1.82) is 0 Å². The molecule has 3 aromatic carbocycles. The highest BCUT2D eigenvalue weighted by molar-refractivity contribution is 5.87. The Morgan fingerprint density at radius 1 is 0.690 bits per heavy atom. The van der Waals surface area contributed by atoms with E-state index in [1.54, 1.807) is 79.9 Å². The number of carboxylic acid groups (broad SMARTS) is 2. The molecule has 6 heteroatoms. The average Bonchev–Trinajstić information content (AvgIpc) is 2.74. The van der Waals surface area contributed by atoms with Gasteiger partial charge in [0, 0.05) is 0 Å². The summed E-state index contributed by atoms with van der Waals surface area (Å²) >= 11 is 0. The van der Waals surface area contributed by atoms with E-state index in [4.69, 9.17) is 14.9 Å². The summed E-state index contributed by atoms with van der Waals surface area (Å²) in [6.45, 7) is 3.79. The zero-order chi connectivity index (χ0) is 21.8. The van der Waals surface area contributed by atoms with Crippen LogP contribution in [0.25, 0.3) is 0 Å². The van der Waals surface area contributed by atoms with Gasteiger partial charge in [0.15, 0.2) is 0 Å². The van der Waals surface area contributed by atoms with Gasteiger partial charge in [0.1, 0.15) is 11.5 Å². The number of phenols is 1. The number of carbonyl (C=O) groups is 2. The smallest absolute Gasteiger partial charge is 0.335 e. The van der Waals surface area contributed by atoms with E-state index in [2.05, 4.69) is 0 Å². The zero-order valence-electron chi connectivity index (χ0n) is 16.5. The van der Waals surface area contributed by atoms with Crippen LogP contribution in [-0.4, -0.2) is 34.4 Å². The first-order chi connectivity index (χ1) is 13.8. The number of aromatic carboxylic acids is 2. The Kier molecular flexibility index (Phi) is 9.47. The topological polar surface area (TPSA) is 104 Å². The summed E-state index contributed by atoms with van der Waals surface area (Å²) < 4.78 is 5.07. The van der Waals surface area contributed by atoms with E-state index in [9.17, 15) is 14.7 Å². The molecule has 0 unspecified atom stereocenters. The molecule has 0 amide bonds. The highest BCUT2D eigenvalue weighted by atomic mass is 16.5. The van der Waals surface area contributed by atoms with Crippen molar-refractivity contribution in [3.63, 3.8) is 0 Å². The number of benzene rings is 3. The molecule has 0 heterocycles. The van der Waals surface area contributed by atoms with Crippen LogP contribution in [0.2, 0.25) is 0 Å². The molecule has 0 aliphatic heterocycles. The number of hydrogen-bond acceptors (Lipinski definition) is 4. The van der Waals surface area contributed by atoms with E-state index >= 15 is 0 Å². The molecule has 0 spiro atoms. The fourth-order valence-electron chi connectivity index (χ4n) is 2.16. The Morgan fingerprint density at radius 3 is 1.41 bits per heavy atom. The maximum atomic E-state index is 10.2. The van der Waals surface area contributed by atoms with Crippen molar-refractivity contribution >= 4 is 11.9 Å². The second-order valence-corrected chi connectivity index (χ2v) is 5.88. The number of methoxy groups -OCH3 is 1. The first-order valence-electron chi connectivity index (χ1n) is 8.67. The Morgan fingerprint density at radius 2 is 1.10 bits per heavy atom. The van der Waals surface area contributed by atoms with Gasteiger partial charge < -0.3 is 20.1 Å². The lowest BCUT2D eigenvalue weighted by Crippen LogP contribution is -1.93. The van der Waals surface area contributed by atoms with Crippen LogP contribution in [0.5, 0.6) is 11.5 Å². The predicted molar refractivity (Wildman–Crippen MR) is 111 cm³/mol. The number of hydrogen-bond donors (Lipinski definition) is 3. The van der Waals surface area contributed by atoms with Crippen LogP contribution in [0.4, 0.5) is 0 Å². The number of carboxylic acids is 2. The molecule has 3 aromatic rings. The van der Waals surface area contributed by atoms with Crippen LogP contribution in [-0.2, 0) is 0 Å². The van der Waals surface area contributed by atoms with Gasteiger partial charge in [-0.1, -0.05) is 36.4 Å². The van der Waals surface area contributed by atoms with Gasteiger partial charge in [-0.05, 0) is 61.4 Å². The molecule has 0 bridgehead atoms. The number of rotatable bonds is 3. The third kappa shape index (κ3) is 7.76. The van der Waals surface area contributed by atoms with Crippen LogP contribution < -0.4 is 4.74 Å². The summed E-state index contributed by atoms with van der Waals surface area (Å²) in [5.41, 5.74) is 2.53. The van der Waals surface area contributed by atoms with Crippen LogP contribution in [0, 0.1) is 13.8 Å². The largest absolute Gasteiger partial charge is 0.508 e. The van der Waals surface area contributed by atoms with Crippen molar-refractivity contribution in [2.45, 2.75) is 13.8 Å². The summed E-state index contributed by atoms with van der Waals surface area (Å²) in [5, 5.41) is 26.0. The summed E-state index contributed by atoms with van der Waals surface area (Å²) in [7, 11) is 1.62. The van der Waals surface area contributed by atoms with E-state index in [-0.39, 0.29) is 0 Å². The second-order valence-electron chi connectivity index (χ2n) is 5.88. The molecule has 0 saturated carbocycles. The van der Waals surface area contributed by atoms with Gasteiger partial charge in [-0.15, -0.1) is 0 Å². The monoisotopic (exact) mass is 396 g/mol. The summed E-state index contributed by atoms with van der Waals surface area (Å²) in [4.78, 5) is 20.4. The SMILES string of the molecule is COc1ccc(O)c(C)c1C.O=C(O)c1ccccc1.O=C(O)c1ccccc1. The van der Waals surface area contributed by atoms with Gasteiger partial charge >= 0.3 is 11.9 Å². The molecule has 0 aromatic heterocycles. The molecule has 3 rings (SSSR count). The third-order valence-electron chi connectivity index (χ3n) is 3.97. The van der Waals surface area contributed by atoms with E-state index in [0.717, 1.165) is 16.9 Å². The zero-order valence-corrected chi connectivity index (χ0v) is 16.5. The molecule has 0 saturated heterocycles. The molecule has 29 heavy (non-hydrogen) atoms. The van der Waals surface area contributed by atoms with Gasteiger partial charge in [-0.25, -0.2) is 9.59 Å². The lowest BCUT2D eigenvalue weighted by Gasteiger charge is -2.07. The van der Waals surface area contributed by atoms with E-state index in [1.165, 1.54) is 0 Å². The standard InChI is InChI=1S/C9H12O2.2C7H6O2/c1-6-7(2)9(11-3)5-4-8(6)10;2*8-7(9)6-4-2-1-3-5-6/h4-5,10H,1-3H3;2*1-5H,(H,8,9). The molecule has 0 atom stereocenters. The number of aromatic hydroxyl groups is 1. The lowest BCUT2D eigenvalue weighted by atomic mass is 10.1.